The molecule has 1 aliphatic carbocycles. The first-order valence-electron chi connectivity index (χ1n) is 4.43. The van der Waals surface area contributed by atoms with Gasteiger partial charge < -0.3 is 10.4 Å². The van der Waals surface area contributed by atoms with Crippen molar-refractivity contribution in [1.82, 2.24) is 9.97 Å². The molecule has 2 atom stereocenters. The summed E-state index contributed by atoms with van der Waals surface area (Å²) in [5, 5.41) is 20.6. The maximum Gasteiger partial charge on any atom is 0.145 e. The Morgan fingerprint density at radius 1 is 1.64 bits per heavy atom. The van der Waals surface area contributed by atoms with Crippen molar-refractivity contribution in [2.75, 3.05) is 11.9 Å². The molecule has 14 heavy (non-hydrogen) atoms. The van der Waals surface area contributed by atoms with Crippen LogP contribution in [-0.2, 0) is 0 Å². The molecular weight excluding hydrogens is 180 g/mol. The summed E-state index contributed by atoms with van der Waals surface area (Å²) in [6, 6.07) is 3.84. The number of nitrogens with zero attached hydrogens (tertiary/aromatic N) is 3. The summed E-state index contributed by atoms with van der Waals surface area (Å²) in [7, 11) is 0. The number of nitrogens with one attached hydrogen (secondary N) is 1. The van der Waals surface area contributed by atoms with Crippen molar-refractivity contribution in [2.45, 2.75) is 12.5 Å². The fourth-order valence-electron chi connectivity index (χ4n) is 1.31. The van der Waals surface area contributed by atoms with E-state index < -0.39 is 0 Å². The molecular formula is C9H10N4O. The van der Waals surface area contributed by atoms with E-state index in [9.17, 15) is 0 Å². The van der Waals surface area contributed by atoms with Gasteiger partial charge >= 0.3 is 0 Å². The van der Waals surface area contributed by atoms with E-state index >= 15 is 0 Å². The summed E-state index contributed by atoms with van der Waals surface area (Å²) in [4.78, 5) is 7.74. The van der Waals surface area contributed by atoms with Crippen LogP contribution in [0.1, 0.15) is 12.1 Å². The molecule has 72 valence electrons. The molecule has 0 amide bonds. The molecule has 0 aromatic carbocycles. The van der Waals surface area contributed by atoms with E-state index in [4.69, 9.17) is 10.4 Å². The summed E-state index contributed by atoms with van der Waals surface area (Å²) in [5.74, 6) is 0.980. The van der Waals surface area contributed by atoms with Gasteiger partial charge in [-0.3, -0.25) is 0 Å². The molecule has 0 unspecified atom stereocenters. The van der Waals surface area contributed by atoms with Crippen LogP contribution in [0.4, 0.5) is 5.82 Å². The maximum absolute atomic E-state index is 8.83. The van der Waals surface area contributed by atoms with Gasteiger partial charge in [0.25, 0.3) is 0 Å². The fraction of sp³-hybridized carbons (Fsp3) is 0.444. The molecule has 0 saturated heterocycles. The van der Waals surface area contributed by atoms with Crippen molar-refractivity contribution in [1.29, 1.82) is 5.26 Å². The van der Waals surface area contributed by atoms with Crippen molar-refractivity contribution in [3.05, 3.63) is 18.1 Å². The van der Waals surface area contributed by atoms with E-state index in [0.717, 1.165) is 6.42 Å². The zero-order chi connectivity index (χ0) is 9.97. The molecule has 1 aliphatic rings. The average Bonchev–Trinajstić information content (AvgIpc) is 2.97. The summed E-state index contributed by atoms with van der Waals surface area (Å²) < 4.78 is 0. The van der Waals surface area contributed by atoms with Gasteiger partial charge in [-0.25, -0.2) is 9.97 Å². The molecule has 1 aromatic heterocycles. The second-order valence-corrected chi connectivity index (χ2v) is 3.33. The summed E-state index contributed by atoms with van der Waals surface area (Å²) >= 11 is 0. The van der Waals surface area contributed by atoms with E-state index in [0.29, 0.717) is 23.5 Å². The predicted octanol–water partition coefficient (Wildman–Crippen LogP) is 0.141. The third kappa shape index (κ3) is 1.80. The maximum atomic E-state index is 8.83. The van der Waals surface area contributed by atoms with Gasteiger partial charge in [0, 0.05) is 24.6 Å². The van der Waals surface area contributed by atoms with Gasteiger partial charge in [-0.1, -0.05) is 0 Å². The molecule has 0 aliphatic heterocycles. The Morgan fingerprint density at radius 3 is 3.14 bits per heavy atom. The normalized spacial score (nSPS) is 24.0. The van der Waals surface area contributed by atoms with Gasteiger partial charge in [0.15, 0.2) is 0 Å². The van der Waals surface area contributed by atoms with Crippen LogP contribution in [-0.4, -0.2) is 27.7 Å². The lowest BCUT2D eigenvalue weighted by Crippen LogP contribution is -2.08. The Labute approximate surface area is 81.4 Å². The van der Waals surface area contributed by atoms with E-state index in [1.807, 2.05) is 6.07 Å². The van der Waals surface area contributed by atoms with Crippen molar-refractivity contribution >= 4 is 5.82 Å². The average molecular weight is 190 g/mol. The van der Waals surface area contributed by atoms with Crippen LogP contribution in [0, 0.1) is 17.2 Å². The Morgan fingerprint density at radius 2 is 2.50 bits per heavy atom. The van der Waals surface area contributed by atoms with Gasteiger partial charge in [-0.15, -0.1) is 0 Å². The Hall–Kier alpha value is -1.67. The van der Waals surface area contributed by atoms with Crippen LogP contribution in [0.2, 0.25) is 0 Å². The summed E-state index contributed by atoms with van der Waals surface area (Å²) in [6.07, 6.45) is 2.32. The summed E-state index contributed by atoms with van der Waals surface area (Å²) in [5.41, 5.74) is 0.351. The first-order chi connectivity index (χ1) is 6.83. The standard InChI is InChI=1S/C9H10N4O/c10-3-7-2-9(12-5-11-7)13-8-1-6(8)4-14/h2,5-6,8,14H,1,4H2,(H,11,12,13)/t6-,8+/m0/s1. The van der Waals surface area contributed by atoms with E-state index in [-0.39, 0.29) is 6.61 Å². The SMILES string of the molecule is N#Cc1cc(N[C@@H]2C[C@H]2CO)ncn1. The van der Waals surface area contributed by atoms with Crippen LogP contribution < -0.4 is 5.32 Å². The Kier molecular flexibility index (Phi) is 2.29. The molecule has 0 radical (unpaired) electrons. The Bertz CT molecular complexity index is 373. The second kappa shape index (κ2) is 3.60. The van der Waals surface area contributed by atoms with Gasteiger partial charge in [-0.05, 0) is 6.42 Å². The van der Waals surface area contributed by atoms with Gasteiger partial charge in [-0.2, -0.15) is 5.26 Å². The van der Waals surface area contributed by atoms with Gasteiger partial charge in [0.05, 0.1) is 0 Å². The molecule has 2 rings (SSSR count). The number of anilines is 1. The first kappa shape index (κ1) is 8.91. The van der Waals surface area contributed by atoms with E-state index in [1.165, 1.54) is 6.33 Å². The van der Waals surface area contributed by atoms with Crippen LogP contribution in [0.15, 0.2) is 12.4 Å². The minimum atomic E-state index is 0.202. The fourth-order valence-corrected chi connectivity index (χ4v) is 1.31. The van der Waals surface area contributed by atoms with E-state index in [2.05, 4.69) is 15.3 Å². The zero-order valence-electron chi connectivity index (χ0n) is 7.51. The van der Waals surface area contributed by atoms with Crippen LogP contribution in [0.5, 0.6) is 0 Å². The lowest BCUT2D eigenvalue weighted by atomic mass is 10.4. The highest BCUT2D eigenvalue weighted by atomic mass is 16.3. The van der Waals surface area contributed by atoms with Crippen molar-refractivity contribution in [3.8, 4) is 6.07 Å². The number of aromatic nitrogens is 2. The smallest absolute Gasteiger partial charge is 0.145 e. The molecule has 1 saturated carbocycles. The first-order valence-corrected chi connectivity index (χ1v) is 4.43. The predicted molar refractivity (Wildman–Crippen MR) is 49.4 cm³/mol. The number of rotatable bonds is 3. The molecule has 1 fully saturated rings. The highest BCUT2D eigenvalue weighted by Crippen LogP contribution is 2.32. The summed E-state index contributed by atoms with van der Waals surface area (Å²) in [6.45, 7) is 0.202. The van der Waals surface area contributed by atoms with E-state index in [1.54, 1.807) is 6.07 Å². The van der Waals surface area contributed by atoms with Crippen molar-refractivity contribution < 1.29 is 5.11 Å². The molecule has 5 heteroatoms. The largest absolute Gasteiger partial charge is 0.396 e. The highest BCUT2D eigenvalue weighted by molar-refractivity contribution is 5.41. The number of hydrogen-bond donors (Lipinski definition) is 2. The lowest BCUT2D eigenvalue weighted by Gasteiger charge is -2.02. The third-order valence-electron chi connectivity index (χ3n) is 2.27. The minimum absolute atomic E-state index is 0.202. The number of hydrogen-bond acceptors (Lipinski definition) is 5. The zero-order valence-corrected chi connectivity index (χ0v) is 7.51. The van der Waals surface area contributed by atoms with Gasteiger partial charge in [0.2, 0.25) is 0 Å². The monoisotopic (exact) mass is 190 g/mol. The van der Waals surface area contributed by atoms with Crippen LogP contribution in [0.3, 0.4) is 0 Å². The van der Waals surface area contributed by atoms with Crippen molar-refractivity contribution in [2.24, 2.45) is 5.92 Å². The molecule has 2 N–H and O–H groups in total. The topological polar surface area (TPSA) is 81.8 Å². The Balaban J connectivity index is 2.00. The third-order valence-corrected chi connectivity index (χ3v) is 2.27. The van der Waals surface area contributed by atoms with Crippen LogP contribution >= 0.6 is 0 Å². The van der Waals surface area contributed by atoms with Crippen molar-refractivity contribution in [3.63, 3.8) is 0 Å². The highest BCUT2D eigenvalue weighted by Gasteiger charge is 2.36. The molecule has 0 bridgehead atoms. The number of aliphatic hydroxyl groups excluding tert-OH is 1. The molecule has 0 spiro atoms. The quantitative estimate of drug-likeness (QED) is 0.708. The second-order valence-electron chi connectivity index (χ2n) is 3.33. The van der Waals surface area contributed by atoms with Crippen LogP contribution in [0.25, 0.3) is 0 Å². The lowest BCUT2D eigenvalue weighted by molar-refractivity contribution is 0.275. The minimum Gasteiger partial charge on any atom is -0.396 e. The molecule has 5 nitrogen and oxygen atoms in total. The van der Waals surface area contributed by atoms with Gasteiger partial charge in [0.1, 0.15) is 23.9 Å². The molecule has 1 aromatic rings. The number of aliphatic hydroxyl groups is 1. The number of nitriles is 1. The molecule has 1 heterocycles.